The predicted molar refractivity (Wildman–Crippen MR) is 100 cm³/mol. The zero-order valence-corrected chi connectivity index (χ0v) is 15.1. The van der Waals surface area contributed by atoms with Crippen LogP contribution in [0.15, 0.2) is 42.5 Å². The molecular formula is C20H20N2O4. The number of pyridine rings is 1. The van der Waals surface area contributed by atoms with E-state index < -0.39 is 0 Å². The van der Waals surface area contributed by atoms with Gasteiger partial charge in [0.2, 0.25) is 5.75 Å². The van der Waals surface area contributed by atoms with Crippen molar-refractivity contribution >= 4 is 16.8 Å². The first-order chi connectivity index (χ1) is 12.6. The van der Waals surface area contributed by atoms with Crippen molar-refractivity contribution in [3.8, 4) is 28.5 Å². The van der Waals surface area contributed by atoms with Gasteiger partial charge in [-0.25, -0.2) is 4.98 Å². The summed E-state index contributed by atoms with van der Waals surface area (Å²) in [5.74, 6) is 1.39. The number of ether oxygens (including phenoxy) is 3. The minimum Gasteiger partial charge on any atom is -0.493 e. The highest BCUT2D eigenvalue weighted by molar-refractivity contribution is 6.07. The molecule has 0 atom stereocenters. The summed E-state index contributed by atoms with van der Waals surface area (Å²) in [7, 11) is 6.28. The maximum Gasteiger partial charge on any atom is 0.251 e. The standard InChI is InChI=1S/C20H20N2O4/c1-21-20(23)14-11-16(22-15-8-6-5-7-13(14)15)12-9-17(24-2)19(26-4)18(10-12)25-3/h5-11H,1-4H3,(H,21,23). The molecule has 0 aliphatic heterocycles. The highest BCUT2D eigenvalue weighted by Crippen LogP contribution is 2.41. The lowest BCUT2D eigenvalue weighted by Crippen LogP contribution is -2.18. The molecule has 0 saturated heterocycles. The SMILES string of the molecule is CNC(=O)c1cc(-c2cc(OC)c(OC)c(OC)c2)nc2ccccc12. The van der Waals surface area contributed by atoms with Crippen LogP contribution in [0.1, 0.15) is 10.4 Å². The van der Waals surface area contributed by atoms with Crippen LogP contribution in [0.25, 0.3) is 22.2 Å². The fourth-order valence-electron chi connectivity index (χ4n) is 2.87. The third-order valence-electron chi connectivity index (χ3n) is 4.15. The van der Waals surface area contributed by atoms with E-state index in [1.807, 2.05) is 36.4 Å². The number of rotatable bonds is 5. The van der Waals surface area contributed by atoms with Crippen molar-refractivity contribution in [2.75, 3.05) is 28.4 Å². The zero-order valence-electron chi connectivity index (χ0n) is 15.1. The van der Waals surface area contributed by atoms with Crippen LogP contribution >= 0.6 is 0 Å². The molecule has 3 rings (SSSR count). The smallest absolute Gasteiger partial charge is 0.251 e. The summed E-state index contributed by atoms with van der Waals surface area (Å²) in [5, 5.41) is 3.47. The molecule has 0 aliphatic carbocycles. The van der Waals surface area contributed by atoms with Gasteiger partial charge in [0.15, 0.2) is 11.5 Å². The average Bonchev–Trinajstić information content (AvgIpc) is 2.70. The van der Waals surface area contributed by atoms with Crippen LogP contribution in [0.2, 0.25) is 0 Å². The number of hydrogen-bond acceptors (Lipinski definition) is 5. The van der Waals surface area contributed by atoms with Gasteiger partial charge < -0.3 is 19.5 Å². The van der Waals surface area contributed by atoms with E-state index in [-0.39, 0.29) is 5.91 Å². The lowest BCUT2D eigenvalue weighted by Gasteiger charge is -2.15. The van der Waals surface area contributed by atoms with Crippen molar-refractivity contribution in [1.29, 1.82) is 0 Å². The first-order valence-corrected chi connectivity index (χ1v) is 8.05. The molecule has 26 heavy (non-hydrogen) atoms. The van der Waals surface area contributed by atoms with Gasteiger partial charge in [-0.05, 0) is 24.3 Å². The Morgan fingerprint density at radius 1 is 0.962 bits per heavy atom. The number of para-hydroxylation sites is 1. The molecule has 0 unspecified atom stereocenters. The fourth-order valence-corrected chi connectivity index (χ4v) is 2.87. The Bertz CT molecular complexity index is 944. The second-order valence-corrected chi connectivity index (χ2v) is 5.57. The molecule has 1 N–H and O–H groups in total. The molecule has 1 aromatic heterocycles. The zero-order chi connectivity index (χ0) is 18.7. The second-order valence-electron chi connectivity index (χ2n) is 5.57. The number of fused-ring (bicyclic) bond motifs is 1. The summed E-state index contributed by atoms with van der Waals surface area (Å²) in [6, 6.07) is 12.9. The number of benzene rings is 2. The Kier molecular flexibility index (Phi) is 4.93. The molecule has 6 heteroatoms. The van der Waals surface area contributed by atoms with Gasteiger partial charge in [-0.1, -0.05) is 18.2 Å². The van der Waals surface area contributed by atoms with Gasteiger partial charge in [0.25, 0.3) is 5.91 Å². The largest absolute Gasteiger partial charge is 0.493 e. The van der Waals surface area contributed by atoms with E-state index in [1.165, 1.54) is 0 Å². The van der Waals surface area contributed by atoms with Crippen molar-refractivity contribution in [3.05, 3.63) is 48.0 Å². The topological polar surface area (TPSA) is 69.7 Å². The molecule has 0 spiro atoms. The van der Waals surface area contributed by atoms with Gasteiger partial charge in [0, 0.05) is 18.0 Å². The third-order valence-corrected chi connectivity index (χ3v) is 4.15. The van der Waals surface area contributed by atoms with Crippen LogP contribution in [0.4, 0.5) is 0 Å². The van der Waals surface area contributed by atoms with E-state index in [0.717, 1.165) is 16.5 Å². The first-order valence-electron chi connectivity index (χ1n) is 8.05. The monoisotopic (exact) mass is 352 g/mol. The normalized spacial score (nSPS) is 10.5. The number of aromatic nitrogens is 1. The van der Waals surface area contributed by atoms with Crippen LogP contribution in [0, 0.1) is 0 Å². The molecule has 0 bridgehead atoms. The van der Waals surface area contributed by atoms with Crippen molar-refractivity contribution in [3.63, 3.8) is 0 Å². The summed E-state index contributed by atoms with van der Waals surface area (Å²) in [6.07, 6.45) is 0. The van der Waals surface area contributed by atoms with Crippen molar-refractivity contribution in [2.24, 2.45) is 0 Å². The van der Waals surface area contributed by atoms with Gasteiger partial charge in [-0.2, -0.15) is 0 Å². The Hall–Kier alpha value is -3.28. The van der Waals surface area contributed by atoms with E-state index in [4.69, 9.17) is 19.2 Å². The highest BCUT2D eigenvalue weighted by atomic mass is 16.5. The minimum absolute atomic E-state index is 0.169. The Morgan fingerprint density at radius 2 is 1.62 bits per heavy atom. The summed E-state index contributed by atoms with van der Waals surface area (Å²) in [6.45, 7) is 0. The second kappa shape index (κ2) is 7.31. The van der Waals surface area contributed by atoms with Gasteiger partial charge in [0.05, 0.1) is 38.1 Å². The quantitative estimate of drug-likeness (QED) is 0.763. The van der Waals surface area contributed by atoms with Crippen LogP contribution in [0.5, 0.6) is 17.2 Å². The van der Waals surface area contributed by atoms with Crippen LogP contribution in [-0.4, -0.2) is 39.3 Å². The fraction of sp³-hybridized carbons (Fsp3) is 0.200. The average molecular weight is 352 g/mol. The molecule has 1 amide bonds. The molecule has 0 radical (unpaired) electrons. The molecule has 0 aliphatic rings. The predicted octanol–water partition coefficient (Wildman–Crippen LogP) is 3.29. The molecule has 3 aromatic rings. The number of amides is 1. The number of nitrogens with zero attached hydrogens (tertiary/aromatic N) is 1. The first kappa shape index (κ1) is 17.5. The van der Waals surface area contributed by atoms with Crippen molar-refractivity contribution in [1.82, 2.24) is 10.3 Å². The summed E-state index contributed by atoms with van der Waals surface area (Å²) in [4.78, 5) is 17.0. The molecule has 0 fully saturated rings. The molecular weight excluding hydrogens is 332 g/mol. The van der Waals surface area contributed by atoms with E-state index in [1.54, 1.807) is 34.4 Å². The molecule has 2 aromatic carbocycles. The van der Waals surface area contributed by atoms with Gasteiger partial charge in [-0.15, -0.1) is 0 Å². The van der Waals surface area contributed by atoms with E-state index in [2.05, 4.69) is 5.32 Å². The van der Waals surface area contributed by atoms with E-state index in [9.17, 15) is 4.79 Å². The highest BCUT2D eigenvalue weighted by Gasteiger charge is 2.17. The number of nitrogens with one attached hydrogen (secondary N) is 1. The third kappa shape index (κ3) is 3.01. The van der Waals surface area contributed by atoms with Crippen LogP contribution in [0.3, 0.4) is 0 Å². The number of carbonyl (C=O) groups excluding carboxylic acids is 1. The molecule has 134 valence electrons. The van der Waals surface area contributed by atoms with Gasteiger partial charge in [-0.3, -0.25) is 4.79 Å². The lowest BCUT2D eigenvalue weighted by molar-refractivity contribution is 0.0964. The Morgan fingerprint density at radius 3 is 2.19 bits per heavy atom. The molecule has 0 saturated carbocycles. The minimum atomic E-state index is -0.169. The van der Waals surface area contributed by atoms with Gasteiger partial charge in [0.1, 0.15) is 0 Å². The lowest BCUT2D eigenvalue weighted by atomic mass is 10.0. The molecule has 6 nitrogen and oxygen atoms in total. The maximum atomic E-state index is 12.3. The van der Waals surface area contributed by atoms with E-state index >= 15 is 0 Å². The number of hydrogen-bond donors (Lipinski definition) is 1. The Labute approximate surface area is 151 Å². The summed E-state index contributed by atoms with van der Waals surface area (Å²) in [5.41, 5.74) is 2.69. The van der Waals surface area contributed by atoms with Crippen molar-refractivity contribution < 1.29 is 19.0 Å². The van der Waals surface area contributed by atoms with Crippen molar-refractivity contribution in [2.45, 2.75) is 0 Å². The maximum absolute atomic E-state index is 12.3. The summed E-state index contributed by atoms with van der Waals surface area (Å²) >= 11 is 0. The molecule has 1 heterocycles. The Balaban J connectivity index is 2.27. The van der Waals surface area contributed by atoms with Gasteiger partial charge >= 0.3 is 0 Å². The van der Waals surface area contributed by atoms with E-state index in [0.29, 0.717) is 28.5 Å². The summed E-state index contributed by atoms with van der Waals surface area (Å²) < 4.78 is 16.2. The number of methoxy groups -OCH3 is 3. The van der Waals surface area contributed by atoms with Crippen LogP contribution in [-0.2, 0) is 0 Å². The number of carbonyl (C=O) groups is 1. The van der Waals surface area contributed by atoms with Crippen LogP contribution < -0.4 is 19.5 Å².